The van der Waals surface area contributed by atoms with Crippen molar-refractivity contribution < 1.29 is 4.79 Å². The van der Waals surface area contributed by atoms with Crippen LogP contribution >= 0.6 is 11.6 Å². The zero-order chi connectivity index (χ0) is 16.2. The fourth-order valence-corrected chi connectivity index (χ4v) is 3.95. The van der Waals surface area contributed by atoms with Crippen LogP contribution in [-0.2, 0) is 11.2 Å². The van der Waals surface area contributed by atoms with Gasteiger partial charge in [0.15, 0.2) is 0 Å². The largest absolute Gasteiger partial charge is 0.371 e. The van der Waals surface area contributed by atoms with Crippen LogP contribution in [0.15, 0.2) is 36.7 Å². The monoisotopic (exact) mass is 332 g/mol. The summed E-state index contributed by atoms with van der Waals surface area (Å²) in [6, 6.07) is 8.25. The van der Waals surface area contributed by atoms with E-state index in [4.69, 9.17) is 11.6 Å². The summed E-state index contributed by atoms with van der Waals surface area (Å²) in [6.07, 6.45) is 7.66. The Hall–Kier alpha value is -1.48. The number of hydrogen-bond donors (Lipinski definition) is 1. The third-order valence-electron chi connectivity index (χ3n) is 5.04. The average Bonchev–Trinajstić information content (AvgIpc) is 2.55. The highest BCUT2D eigenvalue weighted by atomic mass is 35.5. The highest BCUT2D eigenvalue weighted by molar-refractivity contribution is 6.30. The number of carbonyl (C=O) groups is 1. The molecule has 1 atom stereocenters. The zero-order valence-electron chi connectivity index (χ0n) is 13.6. The van der Waals surface area contributed by atoms with Gasteiger partial charge in [-0.2, -0.15) is 0 Å². The lowest BCUT2D eigenvalue weighted by Gasteiger charge is -2.41. The Kier molecular flexibility index (Phi) is 5.27. The third-order valence-corrected chi connectivity index (χ3v) is 5.28. The second-order valence-electron chi connectivity index (χ2n) is 6.69. The molecule has 1 amide bonds. The molecule has 3 rings (SSSR count). The van der Waals surface area contributed by atoms with Gasteiger partial charge < -0.3 is 5.32 Å². The van der Waals surface area contributed by atoms with Gasteiger partial charge in [-0.1, -0.05) is 49.6 Å². The van der Waals surface area contributed by atoms with Gasteiger partial charge in [0, 0.05) is 17.6 Å². The minimum atomic E-state index is 0.0291. The predicted molar refractivity (Wildman–Crippen MR) is 94.1 cm³/mol. The number of amides is 1. The molecule has 1 unspecified atom stereocenters. The van der Waals surface area contributed by atoms with Crippen LogP contribution in [0.2, 0.25) is 5.02 Å². The second-order valence-corrected chi connectivity index (χ2v) is 7.13. The molecule has 1 saturated heterocycles. The average molecular weight is 333 g/mol. The number of nitrogens with zero attached hydrogens (tertiary/aromatic N) is 1. The molecule has 0 radical (unpaired) electrons. The van der Waals surface area contributed by atoms with E-state index in [1.807, 2.05) is 23.1 Å². The van der Waals surface area contributed by atoms with Crippen LogP contribution in [0.4, 0.5) is 0 Å². The first-order valence-corrected chi connectivity index (χ1v) is 9.03. The number of aryl methyl sites for hydroxylation is 1. The molecule has 1 saturated carbocycles. The first-order chi connectivity index (χ1) is 11.1. The van der Waals surface area contributed by atoms with Crippen molar-refractivity contribution in [3.8, 4) is 0 Å². The number of carbonyl (C=O) groups excluding carboxylic acids is 1. The van der Waals surface area contributed by atoms with Crippen molar-refractivity contribution in [1.82, 2.24) is 10.2 Å². The van der Waals surface area contributed by atoms with Gasteiger partial charge in [0.25, 0.3) is 0 Å². The first kappa shape index (κ1) is 16.4. The molecule has 1 heterocycles. The van der Waals surface area contributed by atoms with Crippen molar-refractivity contribution in [2.45, 2.75) is 51.0 Å². The Morgan fingerprint density at radius 1 is 1.26 bits per heavy atom. The molecule has 4 heteroatoms. The van der Waals surface area contributed by atoms with Crippen LogP contribution in [0.5, 0.6) is 0 Å². The Balaban J connectivity index is 1.63. The summed E-state index contributed by atoms with van der Waals surface area (Å²) < 4.78 is 0. The third kappa shape index (κ3) is 3.89. The van der Waals surface area contributed by atoms with Gasteiger partial charge in [0.05, 0.1) is 5.92 Å². The zero-order valence-corrected chi connectivity index (χ0v) is 14.3. The van der Waals surface area contributed by atoms with Crippen LogP contribution < -0.4 is 5.32 Å². The van der Waals surface area contributed by atoms with Crippen molar-refractivity contribution in [2.75, 3.05) is 6.54 Å². The summed E-state index contributed by atoms with van der Waals surface area (Å²) in [6.45, 7) is 4.76. The van der Waals surface area contributed by atoms with Gasteiger partial charge in [-0.15, -0.1) is 0 Å². The SMILES string of the molecule is C=C1NCC(CCc2cccc(Cl)c2)C(=O)N1C1CCCCC1. The molecule has 1 aromatic rings. The maximum Gasteiger partial charge on any atom is 0.233 e. The van der Waals surface area contributed by atoms with E-state index in [9.17, 15) is 4.79 Å². The molecule has 23 heavy (non-hydrogen) atoms. The number of rotatable bonds is 4. The first-order valence-electron chi connectivity index (χ1n) is 8.65. The molecule has 2 fully saturated rings. The van der Waals surface area contributed by atoms with Crippen molar-refractivity contribution in [1.29, 1.82) is 0 Å². The lowest BCUT2D eigenvalue weighted by atomic mass is 9.90. The highest BCUT2D eigenvalue weighted by Crippen LogP contribution is 2.29. The molecule has 3 nitrogen and oxygen atoms in total. The standard InChI is InChI=1S/C19H25ClN2O/c1-14-21-13-16(11-10-15-6-5-7-17(20)12-15)19(23)22(14)18-8-3-2-4-9-18/h5-7,12,16,18,21H,1-4,8-11,13H2. The topological polar surface area (TPSA) is 32.3 Å². The van der Waals surface area contributed by atoms with E-state index in [2.05, 4.69) is 18.0 Å². The fourth-order valence-electron chi connectivity index (χ4n) is 3.74. The minimum Gasteiger partial charge on any atom is -0.371 e. The lowest BCUT2D eigenvalue weighted by Crippen LogP contribution is -2.53. The molecule has 1 aliphatic heterocycles. The molecule has 1 aromatic carbocycles. The van der Waals surface area contributed by atoms with E-state index in [0.717, 1.165) is 36.5 Å². The Labute approximate surface area is 143 Å². The molecular weight excluding hydrogens is 308 g/mol. The normalized spacial score (nSPS) is 23.0. The number of halogens is 1. The summed E-state index contributed by atoms with van der Waals surface area (Å²) >= 11 is 6.04. The Morgan fingerprint density at radius 3 is 2.78 bits per heavy atom. The second kappa shape index (κ2) is 7.39. The number of nitrogens with one attached hydrogen (secondary N) is 1. The summed E-state index contributed by atoms with van der Waals surface area (Å²) in [5, 5.41) is 4.10. The summed E-state index contributed by atoms with van der Waals surface area (Å²) in [7, 11) is 0. The molecule has 124 valence electrons. The molecule has 1 N–H and O–H groups in total. The Morgan fingerprint density at radius 2 is 2.04 bits per heavy atom. The number of hydrogen-bond acceptors (Lipinski definition) is 2. The fraction of sp³-hybridized carbons (Fsp3) is 0.526. The van der Waals surface area contributed by atoms with Crippen LogP contribution in [0.3, 0.4) is 0 Å². The summed E-state index contributed by atoms with van der Waals surface area (Å²) in [4.78, 5) is 14.9. The van der Waals surface area contributed by atoms with E-state index in [1.165, 1.54) is 24.8 Å². The van der Waals surface area contributed by atoms with Gasteiger partial charge in [0.2, 0.25) is 5.91 Å². The maximum atomic E-state index is 12.9. The van der Waals surface area contributed by atoms with Crippen LogP contribution in [0.25, 0.3) is 0 Å². The van der Waals surface area contributed by atoms with E-state index in [1.54, 1.807) is 0 Å². The van der Waals surface area contributed by atoms with Crippen LogP contribution in [0.1, 0.15) is 44.1 Å². The van der Waals surface area contributed by atoms with Crippen LogP contribution in [0, 0.1) is 5.92 Å². The quantitative estimate of drug-likeness (QED) is 0.899. The van der Waals surface area contributed by atoms with E-state index >= 15 is 0 Å². The van der Waals surface area contributed by atoms with E-state index < -0.39 is 0 Å². The van der Waals surface area contributed by atoms with Crippen molar-refractivity contribution in [2.24, 2.45) is 5.92 Å². The van der Waals surface area contributed by atoms with Crippen LogP contribution in [-0.4, -0.2) is 23.4 Å². The van der Waals surface area contributed by atoms with Crippen molar-refractivity contribution in [3.63, 3.8) is 0 Å². The van der Waals surface area contributed by atoms with E-state index in [0.29, 0.717) is 12.6 Å². The Bertz CT molecular complexity index is 580. The van der Waals surface area contributed by atoms with E-state index in [-0.39, 0.29) is 11.8 Å². The molecule has 0 bridgehead atoms. The molecule has 0 spiro atoms. The van der Waals surface area contributed by atoms with Gasteiger partial charge >= 0.3 is 0 Å². The molecular formula is C19H25ClN2O. The molecule has 0 aromatic heterocycles. The van der Waals surface area contributed by atoms with Gasteiger partial charge in [-0.05, 0) is 43.4 Å². The number of benzene rings is 1. The maximum absolute atomic E-state index is 12.9. The predicted octanol–water partition coefficient (Wildman–Crippen LogP) is 4.12. The molecule has 1 aliphatic carbocycles. The highest BCUT2D eigenvalue weighted by Gasteiger charge is 2.35. The van der Waals surface area contributed by atoms with Gasteiger partial charge in [0.1, 0.15) is 5.82 Å². The van der Waals surface area contributed by atoms with Crippen molar-refractivity contribution >= 4 is 17.5 Å². The lowest BCUT2D eigenvalue weighted by molar-refractivity contribution is -0.138. The van der Waals surface area contributed by atoms with Gasteiger partial charge in [-0.25, -0.2) is 0 Å². The smallest absolute Gasteiger partial charge is 0.233 e. The van der Waals surface area contributed by atoms with Gasteiger partial charge in [-0.3, -0.25) is 9.69 Å². The minimum absolute atomic E-state index is 0.0291. The summed E-state index contributed by atoms with van der Waals surface area (Å²) in [5.41, 5.74) is 1.19. The summed E-state index contributed by atoms with van der Waals surface area (Å²) in [5.74, 6) is 1.07. The molecule has 2 aliphatic rings. The van der Waals surface area contributed by atoms with Crippen molar-refractivity contribution in [3.05, 3.63) is 47.3 Å².